The van der Waals surface area contributed by atoms with E-state index in [4.69, 9.17) is 39.5 Å². The van der Waals surface area contributed by atoms with Gasteiger partial charge in [-0.15, -0.1) is 0 Å². The SMILES string of the molecule is CCOc1ccc(C[NH+](C)CC(=O)Nc2c(Cl)cc(Cl)cc2Cl)cc1. The molecule has 2 aromatic rings. The van der Waals surface area contributed by atoms with Gasteiger partial charge in [-0.2, -0.15) is 0 Å². The number of halogens is 3. The van der Waals surface area contributed by atoms with E-state index in [1.54, 1.807) is 12.1 Å². The largest absolute Gasteiger partial charge is 0.494 e. The van der Waals surface area contributed by atoms with E-state index in [2.05, 4.69) is 5.32 Å². The van der Waals surface area contributed by atoms with Crippen molar-refractivity contribution in [3.8, 4) is 5.75 Å². The van der Waals surface area contributed by atoms with Crippen molar-refractivity contribution in [1.82, 2.24) is 0 Å². The molecule has 2 N–H and O–H groups in total. The summed E-state index contributed by atoms with van der Waals surface area (Å²) in [5.41, 5.74) is 1.50. The highest BCUT2D eigenvalue weighted by molar-refractivity contribution is 6.42. The zero-order valence-corrected chi connectivity index (χ0v) is 16.3. The molecule has 0 aliphatic heterocycles. The Morgan fingerprint density at radius 3 is 2.28 bits per heavy atom. The first-order chi connectivity index (χ1) is 11.9. The lowest BCUT2D eigenvalue weighted by molar-refractivity contribution is -0.885. The quantitative estimate of drug-likeness (QED) is 0.741. The van der Waals surface area contributed by atoms with Crippen LogP contribution in [0.15, 0.2) is 36.4 Å². The van der Waals surface area contributed by atoms with Gasteiger partial charge in [-0.25, -0.2) is 0 Å². The van der Waals surface area contributed by atoms with Crippen LogP contribution in [0.2, 0.25) is 15.1 Å². The van der Waals surface area contributed by atoms with Crippen LogP contribution < -0.4 is 15.0 Å². The summed E-state index contributed by atoms with van der Waals surface area (Å²) in [6, 6.07) is 10.9. The van der Waals surface area contributed by atoms with Crippen LogP contribution in [0.25, 0.3) is 0 Å². The normalized spacial score (nSPS) is 11.9. The molecule has 4 nitrogen and oxygen atoms in total. The van der Waals surface area contributed by atoms with Crippen LogP contribution >= 0.6 is 34.8 Å². The van der Waals surface area contributed by atoms with E-state index >= 15 is 0 Å². The van der Waals surface area contributed by atoms with Gasteiger partial charge in [0.05, 0.1) is 29.4 Å². The second-order valence-corrected chi connectivity index (χ2v) is 6.93. The summed E-state index contributed by atoms with van der Waals surface area (Å²) in [5.74, 6) is 0.670. The molecule has 0 saturated heterocycles. The number of hydrogen-bond donors (Lipinski definition) is 2. The number of ether oxygens (including phenoxy) is 1. The molecule has 0 radical (unpaired) electrons. The number of rotatable bonds is 7. The molecule has 7 heteroatoms. The van der Waals surface area contributed by atoms with Gasteiger partial charge in [0.15, 0.2) is 6.54 Å². The lowest BCUT2D eigenvalue weighted by atomic mass is 10.2. The summed E-state index contributed by atoms with van der Waals surface area (Å²) < 4.78 is 5.42. The third-order valence-electron chi connectivity index (χ3n) is 3.47. The van der Waals surface area contributed by atoms with Gasteiger partial charge in [0.25, 0.3) is 5.91 Å². The minimum Gasteiger partial charge on any atom is -0.494 e. The van der Waals surface area contributed by atoms with Crippen LogP contribution in [-0.4, -0.2) is 26.1 Å². The Labute approximate surface area is 162 Å². The molecular formula is C18H20Cl3N2O2+. The fraction of sp³-hybridized carbons (Fsp3) is 0.278. The molecule has 2 aromatic carbocycles. The number of anilines is 1. The Hall–Kier alpha value is -1.46. The van der Waals surface area contributed by atoms with Gasteiger partial charge < -0.3 is 15.0 Å². The maximum atomic E-state index is 12.2. The second kappa shape index (κ2) is 9.30. The number of benzene rings is 2. The van der Waals surface area contributed by atoms with Crippen LogP contribution in [0.5, 0.6) is 5.75 Å². The fourth-order valence-corrected chi connectivity index (χ4v) is 3.31. The lowest BCUT2D eigenvalue weighted by Crippen LogP contribution is -3.08. The first-order valence-corrected chi connectivity index (χ1v) is 9.00. The minimum atomic E-state index is -0.172. The molecular weight excluding hydrogens is 383 g/mol. The molecule has 134 valence electrons. The zero-order chi connectivity index (χ0) is 18.4. The number of carbonyl (C=O) groups is 1. The Morgan fingerprint density at radius 2 is 1.72 bits per heavy atom. The highest BCUT2D eigenvalue weighted by Gasteiger charge is 2.15. The zero-order valence-electron chi connectivity index (χ0n) is 14.0. The van der Waals surface area contributed by atoms with Crippen molar-refractivity contribution in [3.63, 3.8) is 0 Å². The van der Waals surface area contributed by atoms with Crippen molar-refractivity contribution in [2.45, 2.75) is 13.5 Å². The van der Waals surface area contributed by atoms with E-state index < -0.39 is 0 Å². The molecule has 0 aliphatic rings. The maximum absolute atomic E-state index is 12.2. The summed E-state index contributed by atoms with van der Waals surface area (Å²) in [7, 11) is 1.95. The van der Waals surface area contributed by atoms with Crippen molar-refractivity contribution in [2.24, 2.45) is 0 Å². The van der Waals surface area contributed by atoms with Crippen molar-refractivity contribution in [1.29, 1.82) is 0 Å². The van der Waals surface area contributed by atoms with Crippen LogP contribution in [0.4, 0.5) is 5.69 Å². The van der Waals surface area contributed by atoms with E-state index in [9.17, 15) is 4.79 Å². The molecule has 0 aliphatic carbocycles. The molecule has 0 spiro atoms. The van der Waals surface area contributed by atoms with Gasteiger partial charge in [-0.1, -0.05) is 34.8 Å². The number of amides is 1. The minimum absolute atomic E-state index is 0.172. The average molecular weight is 403 g/mol. The number of carbonyl (C=O) groups excluding carboxylic acids is 1. The predicted molar refractivity (Wildman–Crippen MR) is 103 cm³/mol. The molecule has 1 unspecified atom stereocenters. The van der Waals surface area contributed by atoms with Gasteiger partial charge in [0.2, 0.25) is 0 Å². The smallest absolute Gasteiger partial charge is 0.279 e. The van der Waals surface area contributed by atoms with Gasteiger partial charge in [0.1, 0.15) is 12.3 Å². The number of quaternary nitrogens is 1. The fourth-order valence-electron chi connectivity index (χ4n) is 2.40. The van der Waals surface area contributed by atoms with Crippen molar-refractivity contribution < 1.29 is 14.4 Å². The maximum Gasteiger partial charge on any atom is 0.279 e. The summed E-state index contributed by atoms with van der Waals surface area (Å²) in [4.78, 5) is 13.3. The molecule has 25 heavy (non-hydrogen) atoms. The molecule has 0 saturated carbocycles. The first kappa shape index (κ1) is 19.9. The van der Waals surface area contributed by atoms with Crippen molar-refractivity contribution >= 4 is 46.4 Å². The van der Waals surface area contributed by atoms with Gasteiger partial charge in [-0.05, 0) is 43.3 Å². The van der Waals surface area contributed by atoms with Crippen LogP contribution in [0.1, 0.15) is 12.5 Å². The number of hydrogen-bond acceptors (Lipinski definition) is 2. The third kappa shape index (κ3) is 6.08. The first-order valence-electron chi connectivity index (χ1n) is 7.86. The van der Waals surface area contributed by atoms with Crippen LogP contribution in [0, 0.1) is 0 Å². The Balaban J connectivity index is 1.92. The monoisotopic (exact) mass is 401 g/mol. The predicted octanol–water partition coefficient (Wildman–Crippen LogP) is 3.70. The molecule has 0 aromatic heterocycles. The number of nitrogens with one attached hydrogen (secondary N) is 2. The standard InChI is InChI=1S/C18H19Cl3N2O2/c1-3-25-14-6-4-12(5-7-14)10-23(2)11-17(24)22-18-15(20)8-13(19)9-16(18)21/h4-9H,3,10-11H2,1-2H3,(H,22,24)/p+1. The molecule has 1 amide bonds. The van der Waals surface area contributed by atoms with Gasteiger partial charge in [0, 0.05) is 10.6 Å². The van der Waals surface area contributed by atoms with Gasteiger partial charge >= 0.3 is 0 Å². The topological polar surface area (TPSA) is 42.8 Å². The van der Waals surface area contributed by atoms with E-state index in [-0.39, 0.29) is 12.5 Å². The highest BCUT2D eigenvalue weighted by Crippen LogP contribution is 2.33. The van der Waals surface area contributed by atoms with E-state index in [0.29, 0.717) is 33.9 Å². The molecule has 0 bridgehead atoms. The van der Waals surface area contributed by atoms with Crippen molar-refractivity contribution in [3.05, 3.63) is 57.0 Å². The highest BCUT2D eigenvalue weighted by atomic mass is 35.5. The summed E-state index contributed by atoms with van der Waals surface area (Å²) in [6.45, 7) is 3.58. The number of likely N-dealkylation sites (N-methyl/N-ethyl adjacent to an activating group) is 1. The molecule has 2 rings (SSSR count). The van der Waals surface area contributed by atoms with E-state index in [1.165, 1.54) is 0 Å². The van der Waals surface area contributed by atoms with E-state index in [1.807, 2.05) is 38.2 Å². The molecule has 0 heterocycles. The Morgan fingerprint density at radius 1 is 1.12 bits per heavy atom. The summed E-state index contributed by atoms with van der Waals surface area (Å²) in [5, 5.41) is 3.80. The van der Waals surface area contributed by atoms with Crippen LogP contribution in [-0.2, 0) is 11.3 Å². The van der Waals surface area contributed by atoms with Crippen molar-refractivity contribution in [2.75, 3.05) is 25.5 Å². The molecule has 0 fully saturated rings. The van der Waals surface area contributed by atoms with Crippen LogP contribution in [0.3, 0.4) is 0 Å². The second-order valence-electron chi connectivity index (χ2n) is 5.68. The Kier molecular flexibility index (Phi) is 7.38. The Bertz CT molecular complexity index is 713. The summed E-state index contributed by atoms with van der Waals surface area (Å²) in [6.07, 6.45) is 0. The lowest BCUT2D eigenvalue weighted by Gasteiger charge is -2.15. The van der Waals surface area contributed by atoms with Gasteiger partial charge in [-0.3, -0.25) is 4.79 Å². The summed E-state index contributed by atoms with van der Waals surface area (Å²) >= 11 is 18.0. The molecule has 1 atom stereocenters. The third-order valence-corrected chi connectivity index (χ3v) is 4.29. The van der Waals surface area contributed by atoms with E-state index in [0.717, 1.165) is 16.2 Å². The average Bonchev–Trinajstić information content (AvgIpc) is 2.53.